The second kappa shape index (κ2) is 7.75. The van der Waals surface area contributed by atoms with Crippen molar-refractivity contribution < 1.29 is 14.3 Å². The quantitative estimate of drug-likeness (QED) is 0.737. The molecule has 0 saturated heterocycles. The van der Waals surface area contributed by atoms with Crippen molar-refractivity contribution in [3.8, 4) is 17.6 Å². The van der Waals surface area contributed by atoms with Crippen LogP contribution in [0.4, 0.5) is 5.69 Å². The van der Waals surface area contributed by atoms with E-state index in [0.29, 0.717) is 17.1 Å². The summed E-state index contributed by atoms with van der Waals surface area (Å²) >= 11 is 0. The number of carbonyl (C=O) groups excluding carboxylic acids is 1. The van der Waals surface area contributed by atoms with Crippen molar-refractivity contribution >= 4 is 17.5 Å². The van der Waals surface area contributed by atoms with Crippen molar-refractivity contribution in [2.24, 2.45) is 0 Å². The number of anilines is 1. The molecule has 1 heterocycles. The Morgan fingerprint density at radius 2 is 1.88 bits per heavy atom. The molecule has 0 spiro atoms. The number of nitrogens with zero attached hydrogens (tertiary/aromatic N) is 2. The SMILES string of the molecule is CCN(CC)c1ccc(/C=C2\Oc3cc(OCC#N)ccc3C2=O)cc1. The Hall–Kier alpha value is -3.26. The van der Waals surface area contributed by atoms with Gasteiger partial charge in [0.2, 0.25) is 5.78 Å². The Kier molecular flexibility index (Phi) is 5.23. The van der Waals surface area contributed by atoms with Crippen LogP contribution in [0.25, 0.3) is 6.08 Å². The fourth-order valence-corrected chi connectivity index (χ4v) is 2.89. The molecule has 1 aliphatic heterocycles. The number of hydrogen-bond donors (Lipinski definition) is 0. The second-order valence-electron chi connectivity index (χ2n) is 5.81. The van der Waals surface area contributed by atoms with Crippen LogP contribution in [-0.4, -0.2) is 25.5 Å². The van der Waals surface area contributed by atoms with Gasteiger partial charge < -0.3 is 14.4 Å². The predicted octanol–water partition coefficient (Wildman–Crippen LogP) is 4.05. The maximum atomic E-state index is 12.5. The van der Waals surface area contributed by atoms with E-state index >= 15 is 0 Å². The average Bonchev–Trinajstić information content (AvgIpc) is 2.97. The van der Waals surface area contributed by atoms with Gasteiger partial charge in [0.1, 0.15) is 17.6 Å². The molecule has 5 heteroatoms. The van der Waals surface area contributed by atoms with E-state index in [1.54, 1.807) is 24.3 Å². The molecule has 5 nitrogen and oxygen atoms in total. The molecule has 0 radical (unpaired) electrons. The van der Waals surface area contributed by atoms with Crippen LogP contribution in [0.2, 0.25) is 0 Å². The molecule has 0 N–H and O–H groups in total. The first-order valence-electron chi connectivity index (χ1n) is 8.59. The van der Waals surface area contributed by atoms with E-state index in [-0.39, 0.29) is 18.1 Å². The number of carbonyl (C=O) groups is 1. The molecule has 2 aromatic carbocycles. The number of nitriles is 1. The lowest BCUT2D eigenvalue weighted by Crippen LogP contribution is -2.21. The highest BCUT2D eigenvalue weighted by molar-refractivity contribution is 6.14. The lowest BCUT2D eigenvalue weighted by molar-refractivity contribution is 0.101. The van der Waals surface area contributed by atoms with E-state index in [4.69, 9.17) is 14.7 Å². The number of ketones is 1. The van der Waals surface area contributed by atoms with Gasteiger partial charge in [0.25, 0.3) is 0 Å². The third-order valence-electron chi connectivity index (χ3n) is 4.26. The first-order valence-corrected chi connectivity index (χ1v) is 8.59. The fraction of sp³-hybridized carbons (Fsp3) is 0.238. The minimum absolute atomic E-state index is 0.0473. The van der Waals surface area contributed by atoms with E-state index in [2.05, 4.69) is 18.7 Å². The van der Waals surface area contributed by atoms with Crippen molar-refractivity contribution in [1.82, 2.24) is 0 Å². The smallest absolute Gasteiger partial charge is 0.231 e. The minimum Gasteiger partial charge on any atom is -0.479 e. The molecule has 0 saturated carbocycles. The van der Waals surface area contributed by atoms with Gasteiger partial charge in [0.05, 0.1) is 5.56 Å². The zero-order chi connectivity index (χ0) is 18.5. The number of rotatable bonds is 6. The van der Waals surface area contributed by atoms with Crippen molar-refractivity contribution in [3.05, 3.63) is 59.4 Å². The summed E-state index contributed by atoms with van der Waals surface area (Å²) in [4.78, 5) is 14.8. The Morgan fingerprint density at radius 1 is 1.15 bits per heavy atom. The highest BCUT2D eigenvalue weighted by Gasteiger charge is 2.27. The van der Waals surface area contributed by atoms with Gasteiger partial charge in [-0.15, -0.1) is 0 Å². The summed E-state index contributed by atoms with van der Waals surface area (Å²) in [6.45, 7) is 6.09. The third-order valence-corrected chi connectivity index (χ3v) is 4.26. The summed E-state index contributed by atoms with van der Waals surface area (Å²) in [5, 5.41) is 8.58. The van der Waals surface area contributed by atoms with Crippen LogP contribution in [-0.2, 0) is 0 Å². The average molecular weight is 348 g/mol. The Bertz CT molecular complexity index is 875. The van der Waals surface area contributed by atoms with Crippen LogP contribution >= 0.6 is 0 Å². The van der Waals surface area contributed by atoms with Gasteiger partial charge in [-0.3, -0.25) is 4.79 Å². The number of Topliss-reactive ketones (excluding diaryl/α,β-unsaturated/α-hetero) is 1. The Balaban J connectivity index is 1.79. The van der Waals surface area contributed by atoms with Gasteiger partial charge in [-0.2, -0.15) is 5.26 Å². The summed E-state index contributed by atoms with van der Waals surface area (Å²) in [5.74, 6) is 1.09. The standard InChI is InChI=1S/C21H20N2O3/c1-3-23(4-2)16-7-5-15(6-8-16)13-20-21(24)18-10-9-17(25-12-11-22)14-19(18)26-20/h5-10,13-14H,3-4,12H2,1-2H3/b20-13-. The molecule has 0 atom stereocenters. The Labute approximate surface area is 153 Å². The van der Waals surface area contributed by atoms with Gasteiger partial charge in [-0.25, -0.2) is 0 Å². The van der Waals surface area contributed by atoms with E-state index in [1.807, 2.05) is 30.3 Å². The van der Waals surface area contributed by atoms with Gasteiger partial charge in [0, 0.05) is 24.8 Å². The molecule has 0 fully saturated rings. The highest BCUT2D eigenvalue weighted by Crippen LogP contribution is 2.35. The predicted molar refractivity (Wildman–Crippen MR) is 100 cm³/mol. The molecule has 0 aromatic heterocycles. The maximum absolute atomic E-state index is 12.5. The molecule has 0 amide bonds. The van der Waals surface area contributed by atoms with Crippen LogP contribution in [0, 0.1) is 11.3 Å². The molecule has 0 unspecified atom stereocenters. The van der Waals surface area contributed by atoms with Crippen molar-refractivity contribution in [3.63, 3.8) is 0 Å². The van der Waals surface area contributed by atoms with E-state index in [9.17, 15) is 4.79 Å². The second-order valence-corrected chi connectivity index (χ2v) is 5.81. The molecule has 0 aliphatic carbocycles. The summed E-state index contributed by atoms with van der Waals surface area (Å²) < 4.78 is 11.0. The monoisotopic (exact) mass is 348 g/mol. The summed E-state index contributed by atoms with van der Waals surface area (Å²) in [5.41, 5.74) is 2.55. The third kappa shape index (κ3) is 3.55. The minimum atomic E-state index is -0.153. The number of hydrogen-bond acceptors (Lipinski definition) is 5. The van der Waals surface area contributed by atoms with Crippen molar-refractivity contribution in [2.45, 2.75) is 13.8 Å². The van der Waals surface area contributed by atoms with Crippen LogP contribution in [0.15, 0.2) is 48.2 Å². The fourth-order valence-electron chi connectivity index (χ4n) is 2.89. The van der Waals surface area contributed by atoms with Gasteiger partial charge >= 0.3 is 0 Å². The van der Waals surface area contributed by atoms with Crippen LogP contribution < -0.4 is 14.4 Å². The van der Waals surface area contributed by atoms with Crippen molar-refractivity contribution in [1.29, 1.82) is 5.26 Å². The first kappa shape index (κ1) is 17.6. The Morgan fingerprint density at radius 3 is 2.54 bits per heavy atom. The molecule has 132 valence electrons. The molecule has 2 aromatic rings. The maximum Gasteiger partial charge on any atom is 0.231 e. The number of fused-ring (bicyclic) bond motifs is 1. The number of ether oxygens (including phenoxy) is 2. The van der Waals surface area contributed by atoms with Gasteiger partial charge in [0.15, 0.2) is 12.4 Å². The summed E-state index contributed by atoms with van der Waals surface area (Å²) in [6.07, 6.45) is 1.74. The van der Waals surface area contributed by atoms with Crippen LogP contribution in [0.1, 0.15) is 29.8 Å². The molecule has 0 bridgehead atoms. The van der Waals surface area contributed by atoms with Gasteiger partial charge in [-0.1, -0.05) is 12.1 Å². The number of allylic oxidation sites excluding steroid dienone is 1. The molecule has 1 aliphatic rings. The summed E-state index contributed by atoms with van der Waals surface area (Å²) in [6, 6.07) is 14.9. The normalized spacial score (nSPS) is 13.9. The topological polar surface area (TPSA) is 62.6 Å². The molecule has 26 heavy (non-hydrogen) atoms. The van der Waals surface area contributed by atoms with E-state index in [1.165, 1.54) is 0 Å². The first-order chi connectivity index (χ1) is 12.7. The van der Waals surface area contributed by atoms with Crippen LogP contribution in [0.5, 0.6) is 11.5 Å². The molecular formula is C21H20N2O3. The van der Waals surface area contributed by atoms with E-state index in [0.717, 1.165) is 24.3 Å². The molecule has 3 rings (SSSR count). The zero-order valence-corrected chi connectivity index (χ0v) is 14.9. The lowest BCUT2D eigenvalue weighted by atomic mass is 10.1. The number of benzene rings is 2. The lowest BCUT2D eigenvalue weighted by Gasteiger charge is -2.20. The molecular weight excluding hydrogens is 328 g/mol. The highest BCUT2D eigenvalue weighted by atomic mass is 16.5. The van der Waals surface area contributed by atoms with Gasteiger partial charge in [-0.05, 0) is 49.8 Å². The van der Waals surface area contributed by atoms with Crippen LogP contribution in [0.3, 0.4) is 0 Å². The zero-order valence-electron chi connectivity index (χ0n) is 14.9. The largest absolute Gasteiger partial charge is 0.479 e. The van der Waals surface area contributed by atoms with E-state index < -0.39 is 0 Å². The van der Waals surface area contributed by atoms with Crippen molar-refractivity contribution in [2.75, 3.05) is 24.6 Å². The summed E-state index contributed by atoms with van der Waals surface area (Å²) in [7, 11) is 0.